The summed E-state index contributed by atoms with van der Waals surface area (Å²) in [7, 11) is 0. The molecule has 4 nitrogen and oxygen atoms in total. The summed E-state index contributed by atoms with van der Waals surface area (Å²) < 4.78 is 0. The van der Waals surface area contributed by atoms with Crippen molar-refractivity contribution < 1.29 is 20.1 Å². The Bertz CT molecular complexity index is 134. The number of hydrogen-bond donors (Lipinski definition) is 3. The molecular weight excluding hydrogens is 160 g/mol. The molecule has 0 saturated carbocycles. The Labute approximate surface area is 71.8 Å². The zero-order valence-electron chi connectivity index (χ0n) is 7.40. The third-order valence-corrected chi connectivity index (χ3v) is 1.93. The SMILES string of the molecule is CC(O)C(CCC(=O)O)C(C)O. The van der Waals surface area contributed by atoms with Gasteiger partial charge in [0.15, 0.2) is 0 Å². The molecule has 0 spiro atoms. The highest BCUT2D eigenvalue weighted by Gasteiger charge is 2.20. The predicted octanol–water partition coefficient (Wildman–Crippen LogP) is 0.229. The largest absolute Gasteiger partial charge is 0.481 e. The highest BCUT2D eigenvalue weighted by atomic mass is 16.4. The number of aliphatic carboxylic acids is 1. The van der Waals surface area contributed by atoms with E-state index in [4.69, 9.17) is 15.3 Å². The van der Waals surface area contributed by atoms with Crippen molar-refractivity contribution in [3.05, 3.63) is 0 Å². The normalized spacial score (nSPS) is 18.3. The van der Waals surface area contributed by atoms with Crippen LogP contribution in [0, 0.1) is 5.92 Å². The monoisotopic (exact) mass is 176 g/mol. The average molecular weight is 176 g/mol. The van der Waals surface area contributed by atoms with Crippen LogP contribution in [0.1, 0.15) is 26.7 Å². The molecule has 0 fully saturated rings. The van der Waals surface area contributed by atoms with Gasteiger partial charge in [-0.1, -0.05) is 0 Å². The van der Waals surface area contributed by atoms with Crippen molar-refractivity contribution in [2.24, 2.45) is 5.92 Å². The van der Waals surface area contributed by atoms with E-state index in [1.807, 2.05) is 0 Å². The Hall–Kier alpha value is -0.610. The lowest BCUT2D eigenvalue weighted by Crippen LogP contribution is -2.28. The van der Waals surface area contributed by atoms with Crippen LogP contribution < -0.4 is 0 Å². The van der Waals surface area contributed by atoms with Crippen molar-refractivity contribution in [3.8, 4) is 0 Å². The predicted molar refractivity (Wildman–Crippen MR) is 43.7 cm³/mol. The van der Waals surface area contributed by atoms with E-state index in [0.717, 1.165) is 0 Å². The summed E-state index contributed by atoms with van der Waals surface area (Å²) in [6.45, 7) is 3.11. The van der Waals surface area contributed by atoms with Crippen LogP contribution in [-0.4, -0.2) is 33.5 Å². The standard InChI is InChI=1S/C8H16O4/c1-5(9)7(6(2)10)3-4-8(11)12/h5-7,9-10H,3-4H2,1-2H3,(H,11,12). The average Bonchev–Trinajstić information content (AvgIpc) is 1.84. The fraction of sp³-hybridized carbons (Fsp3) is 0.875. The molecule has 0 bridgehead atoms. The summed E-state index contributed by atoms with van der Waals surface area (Å²) in [6.07, 6.45) is -1.03. The molecule has 0 aliphatic heterocycles. The van der Waals surface area contributed by atoms with Gasteiger partial charge in [-0.15, -0.1) is 0 Å². The summed E-state index contributed by atoms with van der Waals surface area (Å²) in [5.74, 6) is -1.25. The van der Waals surface area contributed by atoms with Crippen LogP contribution in [0.3, 0.4) is 0 Å². The molecule has 4 heteroatoms. The summed E-state index contributed by atoms with van der Waals surface area (Å²) in [6, 6.07) is 0. The van der Waals surface area contributed by atoms with E-state index in [1.54, 1.807) is 13.8 Å². The molecule has 2 atom stereocenters. The van der Waals surface area contributed by atoms with Gasteiger partial charge in [0.1, 0.15) is 0 Å². The molecule has 0 aromatic heterocycles. The molecule has 0 aromatic carbocycles. The lowest BCUT2D eigenvalue weighted by atomic mass is 9.93. The number of aliphatic hydroxyl groups is 2. The van der Waals surface area contributed by atoms with Crippen LogP contribution in [0.5, 0.6) is 0 Å². The fourth-order valence-electron chi connectivity index (χ4n) is 1.18. The van der Waals surface area contributed by atoms with Crippen molar-refractivity contribution in [2.75, 3.05) is 0 Å². The number of hydrogen-bond acceptors (Lipinski definition) is 3. The van der Waals surface area contributed by atoms with Crippen molar-refractivity contribution >= 4 is 5.97 Å². The first-order valence-electron chi connectivity index (χ1n) is 4.03. The Morgan fingerprint density at radius 2 is 1.67 bits per heavy atom. The smallest absolute Gasteiger partial charge is 0.303 e. The van der Waals surface area contributed by atoms with Crippen molar-refractivity contribution in [2.45, 2.75) is 38.9 Å². The molecule has 0 aliphatic rings. The van der Waals surface area contributed by atoms with Crippen LogP contribution >= 0.6 is 0 Å². The minimum atomic E-state index is -0.902. The van der Waals surface area contributed by atoms with Crippen molar-refractivity contribution in [1.29, 1.82) is 0 Å². The maximum Gasteiger partial charge on any atom is 0.303 e. The molecule has 12 heavy (non-hydrogen) atoms. The zero-order chi connectivity index (χ0) is 9.72. The first-order valence-corrected chi connectivity index (χ1v) is 4.03. The van der Waals surface area contributed by atoms with Crippen LogP contribution in [0.4, 0.5) is 0 Å². The highest BCUT2D eigenvalue weighted by Crippen LogP contribution is 2.15. The quantitative estimate of drug-likeness (QED) is 0.560. The van der Waals surface area contributed by atoms with E-state index < -0.39 is 18.2 Å². The summed E-state index contributed by atoms with van der Waals surface area (Å²) in [5.41, 5.74) is 0. The van der Waals surface area contributed by atoms with Gasteiger partial charge in [-0.25, -0.2) is 0 Å². The molecule has 0 saturated heterocycles. The molecule has 0 aliphatic carbocycles. The molecule has 3 N–H and O–H groups in total. The first-order chi connectivity index (χ1) is 5.45. The van der Waals surface area contributed by atoms with Crippen LogP contribution in [-0.2, 0) is 4.79 Å². The van der Waals surface area contributed by atoms with Gasteiger partial charge in [-0.05, 0) is 20.3 Å². The number of carbonyl (C=O) groups is 1. The summed E-state index contributed by atoms with van der Waals surface area (Å²) >= 11 is 0. The van der Waals surface area contributed by atoms with Gasteiger partial charge < -0.3 is 15.3 Å². The third-order valence-electron chi connectivity index (χ3n) is 1.93. The maximum atomic E-state index is 10.2. The Kier molecular flexibility index (Phi) is 4.85. The molecule has 72 valence electrons. The molecule has 0 amide bonds. The van der Waals surface area contributed by atoms with E-state index >= 15 is 0 Å². The molecule has 0 rings (SSSR count). The minimum absolute atomic E-state index is 0.0134. The first kappa shape index (κ1) is 11.4. The van der Waals surface area contributed by atoms with Gasteiger partial charge in [-0.3, -0.25) is 4.79 Å². The van der Waals surface area contributed by atoms with E-state index in [0.29, 0.717) is 6.42 Å². The van der Waals surface area contributed by atoms with Gasteiger partial charge in [0.25, 0.3) is 0 Å². The Balaban J connectivity index is 3.88. The maximum absolute atomic E-state index is 10.2. The van der Waals surface area contributed by atoms with Gasteiger partial charge >= 0.3 is 5.97 Å². The van der Waals surface area contributed by atoms with E-state index in [9.17, 15) is 4.79 Å². The van der Waals surface area contributed by atoms with Gasteiger partial charge in [-0.2, -0.15) is 0 Å². The zero-order valence-corrected chi connectivity index (χ0v) is 7.40. The van der Waals surface area contributed by atoms with E-state index in [-0.39, 0.29) is 12.3 Å². The third kappa shape index (κ3) is 4.31. The summed E-state index contributed by atoms with van der Waals surface area (Å²) in [5, 5.41) is 26.6. The second-order valence-corrected chi connectivity index (χ2v) is 3.08. The van der Waals surface area contributed by atoms with Gasteiger partial charge in [0, 0.05) is 12.3 Å². The lowest BCUT2D eigenvalue weighted by Gasteiger charge is -2.21. The number of rotatable bonds is 5. The number of carboxylic acids is 1. The van der Waals surface area contributed by atoms with E-state index in [1.165, 1.54) is 0 Å². The van der Waals surface area contributed by atoms with Crippen LogP contribution in [0.2, 0.25) is 0 Å². The molecular formula is C8H16O4. The summed E-state index contributed by atoms with van der Waals surface area (Å²) in [4.78, 5) is 10.2. The van der Waals surface area contributed by atoms with Crippen LogP contribution in [0.25, 0.3) is 0 Å². The Morgan fingerprint density at radius 1 is 1.25 bits per heavy atom. The number of carboxylic acid groups (broad SMARTS) is 1. The second kappa shape index (κ2) is 5.11. The van der Waals surface area contributed by atoms with E-state index in [2.05, 4.69) is 0 Å². The topological polar surface area (TPSA) is 77.8 Å². The second-order valence-electron chi connectivity index (χ2n) is 3.08. The van der Waals surface area contributed by atoms with Crippen molar-refractivity contribution in [3.63, 3.8) is 0 Å². The van der Waals surface area contributed by atoms with Gasteiger partial charge in [0.05, 0.1) is 12.2 Å². The fourth-order valence-corrected chi connectivity index (χ4v) is 1.18. The van der Waals surface area contributed by atoms with Crippen LogP contribution in [0.15, 0.2) is 0 Å². The van der Waals surface area contributed by atoms with Crippen molar-refractivity contribution in [1.82, 2.24) is 0 Å². The molecule has 0 radical (unpaired) electrons. The molecule has 0 aromatic rings. The Morgan fingerprint density at radius 3 is 1.92 bits per heavy atom. The van der Waals surface area contributed by atoms with Gasteiger partial charge in [0.2, 0.25) is 0 Å². The minimum Gasteiger partial charge on any atom is -0.481 e. The molecule has 2 unspecified atom stereocenters. The number of aliphatic hydroxyl groups excluding tert-OH is 2. The highest BCUT2D eigenvalue weighted by molar-refractivity contribution is 5.66. The lowest BCUT2D eigenvalue weighted by molar-refractivity contribution is -0.137. The molecule has 0 heterocycles.